The highest BCUT2D eigenvalue weighted by Gasteiger charge is 2.36. The van der Waals surface area contributed by atoms with Crippen molar-refractivity contribution in [2.45, 2.75) is 58.3 Å². The van der Waals surface area contributed by atoms with Crippen LogP contribution in [0.25, 0.3) is 60.5 Å². The van der Waals surface area contributed by atoms with Crippen LogP contribution in [0.4, 0.5) is 28.4 Å². The molecule has 0 amide bonds. The summed E-state index contributed by atoms with van der Waals surface area (Å²) < 4.78 is 2.43. The van der Waals surface area contributed by atoms with Crippen molar-refractivity contribution in [1.82, 2.24) is 4.57 Å². The number of para-hydroxylation sites is 2. The molecule has 9 aromatic carbocycles. The topological polar surface area (TPSA) is 11.4 Å². The van der Waals surface area contributed by atoms with E-state index < -0.39 is 0 Å². The molecule has 1 aromatic heterocycles. The molecule has 0 aliphatic heterocycles. The summed E-state index contributed by atoms with van der Waals surface area (Å²) >= 11 is 0. The van der Waals surface area contributed by atoms with Crippen molar-refractivity contribution in [2.75, 3.05) is 9.80 Å². The van der Waals surface area contributed by atoms with Gasteiger partial charge in [-0.25, -0.2) is 0 Å². The first-order valence-corrected chi connectivity index (χ1v) is 24.2. The minimum absolute atomic E-state index is 0.0720. The molecule has 0 radical (unpaired) electrons. The van der Waals surface area contributed by atoms with Crippen molar-refractivity contribution in [2.24, 2.45) is 0 Å². The predicted octanol–water partition coefficient (Wildman–Crippen LogP) is 18.0. The summed E-state index contributed by atoms with van der Waals surface area (Å²) in [4.78, 5) is 4.95. The average Bonchev–Trinajstić information content (AvgIpc) is 3.82. The second-order valence-corrected chi connectivity index (χ2v) is 20.1. The Morgan fingerprint density at radius 1 is 0.471 bits per heavy atom. The Bertz CT molecular complexity index is 3630. The van der Waals surface area contributed by atoms with Crippen LogP contribution in [0, 0.1) is 0 Å². The van der Waals surface area contributed by atoms with E-state index in [0.29, 0.717) is 0 Å². The Labute approximate surface area is 400 Å². The van der Waals surface area contributed by atoms with Crippen molar-refractivity contribution >= 4 is 61.0 Å². The first-order valence-electron chi connectivity index (χ1n) is 24.2. The van der Waals surface area contributed by atoms with Crippen molar-refractivity contribution in [3.63, 3.8) is 0 Å². The van der Waals surface area contributed by atoms with E-state index in [0.717, 1.165) is 58.1 Å². The zero-order valence-electron chi connectivity index (χ0n) is 39.5. The molecular formula is C65H55N3. The van der Waals surface area contributed by atoms with Crippen molar-refractivity contribution < 1.29 is 0 Å². The lowest BCUT2D eigenvalue weighted by Crippen LogP contribution is -2.19. The monoisotopic (exact) mass is 877 g/mol. The Hall–Kier alpha value is -7.88. The fourth-order valence-corrected chi connectivity index (χ4v) is 11.1. The third kappa shape index (κ3) is 6.87. The van der Waals surface area contributed by atoms with E-state index in [-0.39, 0.29) is 10.8 Å². The average molecular weight is 878 g/mol. The molecule has 0 saturated heterocycles. The molecule has 2 aliphatic rings. The number of hydrogen-bond acceptors (Lipinski definition) is 2. The molecule has 0 unspecified atom stereocenters. The highest BCUT2D eigenvalue weighted by Crippen LogP contribution is 2.52. The number of aromatic nitrogens is 1. The van der Waals surface area contributed by atoms with E-state index in [1.165, 1.54) is 66.1 Å². The van der Waals surface area contributed by atoms with Gasteiger partial charge in [0.1, 0.15) is 0 Å². The van der Waals surface area contributed by atoms with Crippen molar-refractivity contribution in [1.29, 1.82) is 0 Å². The number of hydrogen-bond donors (Lipinski definition) is 0. The van der Waals surface area contributed by atoms with Crippen molar-refractivity contribution in [3.05, 3.63) is 241 Å². The molecule has 12 rings (SSSR count). The third-order valence-corrected chi connectivity index (χ3v) is 14.5. The van der Waals surface area contributed by atoms with Gasteiger partial charge in [-0.2, -0.15) is 0 Å². The minimum atomic E-state index is -0.128. The molecule has 0 N–H and O–H groups in total. The van der Waals surface area contributed by atoms with Crippen LogP contribution in [0.1, 0.15) is 64.2 Å². The highest BCUT2D eigenvalue weighted by molar-refractivity contribution is 6.11. The quantitative estimate of drug-likeness (QED) is 0.151. The molecule has 330 valence electrons. The van der Waals surface area contributed by atoms with Gasteiger partial charge in [-0.05, 0) is 142 Å². The summed E-state index contributed by atoms with van der Waals surface area (Å²) in [5.74, 6) is 0. The number of allylic oxidation sites excluding steroid dienone is 3. The normalized spacial score (nSPS) is 14.0. The van der Waals surface area contributed by atoms with Gasteiger partial charge in [-0.1, -0.05) is 168 Å². The van der Waals surface area contributed by atoms with Crippen LogP contribution >= 0.6 is 0 Å². The number of anilines is 5. The first kappa shape index (κ1) is 41.5. The lowest BCUT2D eigenvalue weighted by atomic mass is 9.82. The zero-order valence-corrected chi connectivity index (χ0v) is 39.5. The molecule has 0 fully saturated rings. The van der Waals surface area contributed by atoms with Crippen molar-refractivity contribution in [3.8, 4) is 27.9 Å². The SMILES string of the molecule is CC(C)(C)c1ccc(-n2c3ccccc3c3cc(-c4cc(N(C5=CCCC=C5)c5ccc6c(c5)C(C)(C)c5ccccc5-6)ccc4N(c4ccccc4)c4cccc5ccccc45)ccc32)cc1. The molecule has 2 aliphatic carbocycles. The number of fused-ring (bicyclic) bond motifs is 7. The fraction of sp³-hybridized carbons (Fsp3) is 0.138. The summed E-state index contributed by atoms with van der Waals surface area (Å²) in [6.07, 6.45) is 9.08. The third-order valence-electron chi connectivity index (χ3n) is 14.5. The second kappa shape index (κ2) is 16.2. The van der Waals surface area contributed by atoms with Crippen LogP contribution in [-0.2, 0) is 10.8 Å². The van der Waals surface area contributed by atoms with Crippen LogP contribution in [0.15, 0.2) is 224 Å². The van der Waals surface area contributed by atoms with E-state index >= 15 is 0 Å². The fourth-order valence-electron chi connectivity index (χ4n) is 11.1. The molecule has 68 heavy (non-hydrogen) atoms. The molecule has 3 heteroatoms. The maximum absolute atomic E-state index is 2.48. The second-order valence-electron chi connectivity index (χ2n) is 20.1. The van der Waals surface area contributed by atoms with E-state index in [9.17, 15) is 0 Å². The van der Waals surface area contributed by atoms with Crippen LogP contribution < -0.4 is 9.80 Å². The lowest BCUT2D eigenvalue weighted by Gasteiger charge is -2.32. The summed E-state index contributed by atoms with van der Waals surface area (Å²) in [6.45, 7) is 11.6. The van der Waals surface area contributed by atoms with Gasteiger partial charge < -0.3 is 14.4 Å². The van der Waals surface area contributed by atoms with Gasteiger partial charge in [0.05, 0.1) is 22.4 Å². The van der Waals surface area contributed by atoms with E-state index in [1.54, 1.807) is 0 Å². The Morgan fingerprint density at radius 2 is 1.16 bits per heavy atom. The Kier molecular flexibility index (Phi) is 9.88. The largest absolute Gasteiger partial charge is 0.311 e. The van der Waals surface area contributed by atoms with Crippen LogP contribution in [0.2, 0.25) is 0 Å². The molecule has 0 saturated carbocycles. The predicted molar refractivity (Wildman–Crippen MR) is 290 cm³/mol. The molecule has 3 nitrogen and oxygen atoms in total. The van der Waals surface area contributed by atoms with E-state index in [4.69, 9.17) is 0 Å². The Balaban J connectivity index is 1.11. The van der Waals surface area contributed by atoms with Gasteiger partial charge in [0.25, 0.3) is 0 Å². The van der Waals surface area contributed by atoms with Gasteiger partial charge in [0.2, 0.25) is 0 Å². The Morgan fingerprint density at radius 3 is 1.97 bits per heavy atom. The van der Waals surface area contributed by atoms with E-state index in [2.05, 4.69) is 267 Å². The van der Waals surface area contributed by atoms with Crippen LogP contribution in [-0.4, -0.2) is 4.57 Å². The van der Waals surface area contributed by atoms with Gasteiger partial charge in [0.15, 0.2) is 0 Å². The maximum atomic E-state index is 2.48. The number of benzene rings is 9. The van der Waals surface area contributed by atoms with E-state index in [1.807, 2.05) is 0 Å². The summed E-state index contributed by atoms with van der Waals surface area (Å²) in [5.41, 5.74) is 19.3. The smallest absolute Gasteiger partial charge is 0.0541 e. The standard InChI is InChI=1S/C65H55N3/c1-64(2,3)46-32-34-49(35-33-46)68-61-29-17-15-27-55(61)57-41-45(31-39-63(57)68)56-42-50(37-40-62(56)67(48-23-10-7-11-24-48)60-30-18-20-44-19-12-13-25-52(44)60)66(47-21-8-6-9-22-47)51-36-38-54-53-26-14-16-28-58(53)65(4,5)59(54)43-51/h7-8,10-43H,6,9H2,1-5H3. The maximum Gasteiger partial charge on any atom is 0.0541 e. The van der Waals surface area contributed by atoms with Gasteiger partial charge in [0, 0.05) is 55.6 Å². The number of rotatable bonds is 8. The van der Waals surface area contributed by atoms with Gasteiger partial charge >= 0.3 is 0 Å². The molecule has 0 bridgehead atoms. The molecule has 10 aromatic rings. The summed E-state index contributed by atoms with van der Waals surface area (Å²) in [5, 5.41) is 4.86. The summed E-state index contributed by atoms with van der Waals surface area (Å²) in [7, 11) is 0. The van der Waals surface area contributed by atoms with Gasteiger partial charge in [-0.3, -0.25) is 0 Å². The molecule has 0 spiro atoms. The first-order chi connectivity index (χ1) is 33.1. The minimum Gasteiger partial charge on any atom is -0.311 e. The summed E-state index contributed by atoms with van der Waals surface area (Å²) in [6, 6.07) is 74.6. The van der Waals surface area contributed by atoms with Crippen LogP contribution in [0.5, 0.6) is 0 Å². The molecule has 0 atom stereocenters. The van der Waals surface area contributed by atoms with Gasteiger partial charge in [-0.15, -0.1) is 0 Å². The lowest BCUT2D eigenvalue weighted by molar-refractivity contribution is 0.590. The molecule has 1 heterocycles. The highest BCUT2D eigenvalue weighted by atomic mass is 15.2. The van der Waals surface area contributed by atoms with Crippen LogP contribution in [0.3, 0.4) is 0 Å². The number of nitrogens with zero attached hydrogens (tertiary/aromatic N) is 3. The zero-order chi connectivity index (χ0) is 46.1. The molecular weight excluding hydrogens is 823 g/mol.